The number of sulfonamides is 1. The average Bonchev–Trinajstić information content (AvgIpc) is 2.75. The average molecular weight is 539 g/mol. The number of benzene rings is 2. The first kappa shape index (κ1) is 26.3. The van der Waals surface area contributed by atoms with Crippen LogP contribution in [0, 0.1) is 5.92 Å². The molecule has 2 aliphatic rings. The number of carbonyl (C=O) groups is 1. The van der Waals surface area contributed by atoms with Crippen molar-refractivity contribution >= 4 is 39.2 Å². The molecular formula is C25H29ClF2N4O3S. The minimum absolute atomic E-state index is 0.00460. The van der Waals surface area contributed by atoms with Crippen LogP contribution in [-0.2, 0) is 20.4 Å². The zero-order valence-corrected chi connectivity index (χ0v) is 21.8. The smallest absolute Gasteiger partial charge is 0.250 e. The molecule has 1 fully saturated rings. The molecule has 2 aromatic carbocycles. The van der Waals surface area contributed by atoms with Crippen molar-refractivity contribution in [2.45, 2.75) is 57.0 Å². The molecule has 7 nitrogen and oxygen atoms in total. The second-order valence-electron chi connectivity index (χ2n) is 9.89. The zero-order chi connectivity index (χ0) is 26.5. The molecule has 1 aliphatic heterocycles. The quantitative estimate of drug-likeness (QED) is 0.561. The Hall–Kier alpha value is -2.72. The first-order valence-electron chi connectivity index (χ1n) is 11.6. The van der Waals surface area contributed by atoms with Crippen LogP contribution in [0.1, 0.15) is 45.1 Å². The number of nitrogens with one attached hydrogen (secondary N) is 1. The minimum Gasteiger partial charge on any atom is -0.369 e. The number of hydrogen-bond donors (Lipinski definition) is 2. The molecule has 1 aliphatic carbocycles. The van der Waals surface area contributed by atoms with Gasteiger partial charge in [0.15, 0.2) is 5.96 Å². The van der Waals surface area contributed by atoms with Gasteiger partial charge < -0.3 is 5.73 Å². The number of anilines is 1. The summed E-state index contributed by atoms with van der Waals surface area (Å²) in [5.41, 5.74) is 7.70. The summed E-state index contributed by atoms with van der Waals surface area (Å²) in [6.45, 7) is 3.27. The second-order valence-corrected chi connectivity index (χ2v) is 12.0. The van der Waals surface area contributed by atoms with E-state index in [0.29, 0.717) is 21.8 Å². The van der Waals surface area contributed by atoms with E-state index in [1.165, 1.54) is 11.8 Å². The SMILES string of the molecule is C[C@H]1C[C@@H](N2C(=O)C[C@@](C)(c3cccc(-c4ccc(NS(C)(=O)=O)cc4)c3Cl)N=C2N)CCC1(F)F. The van der Waals surface area contributed by atoms with Crippen LogP contribution in [-0.4, -0.2) is 43.4 Å². The van der Waals surface area contributed by atoms with Gasteiger partial charge in [0.1, 0.15) is 0 Å². The number of alkyl halides is 2. The number of nitrogens with zero attached hydrogens (tertiary/aromatic N) is 2. The molecule has 0 aromatic heterocycles. The van der Waals surface area contributed by atoms with Crippen molar-refractivity contribution in [3.05, 3.63) is 53.1 Å². The third kappa shape index (κ3) is 5.20. The summed E-state index contributed by atoms with van der Waals surface area (Å²) >= 11 is 6.81. The Morgan fingerprint density at radius 1 is 1.19 bits per heavy atom. The van der Waals surface area contributed by atoms with E-state index in [4.69, 9.17) is 17.3 Å². The Labute approximate surface area is 214 Å². The van der Waals surface area contributed by atoms with Crippen molar-refractivity contribution in [1.82, 2.24) is 4.90 Å². The fraction of sp³-hybridized carbons (Fsp3) is 0.440. The zero-order valence-electron chi connectivity index (χ0n) is 20.3. The lowest BCUT2D eigenvalue weighted by molar-refractivity contribution is -0.136. The van der Waals surface area contributed by atoms with Crippen LogP contribution in [0.5, 0.6) is 0 Å². The number of rotatable bonds is 5. The molecule has 3 atom stereocenters. The number of guanidine groups is 1. The largest absolute Gasteiger partial charge is 0.369 e. The third-order valence-electron chi connectivity index (χ3n) is 6.97. The maximum atomic E-state index is 14.0. The molecular weight excluding hydrogens is 510 g/mol. The van der Waals surface area contributed by atoms with Gasteiger partial charge in [0.05, 0.1) is 23.2 Å². The molecule has 1 heterocycles. The summed E-state index contributed by atoms with van der Waals surface area (Å²) in [5, 5.41) is 0.396. The van der Waals surface area contributed by atoms with Gasteiger partial charge in [-0.25, -0.2) is 22.2 Å². The van der Waals surface area contributed by atoms with Crippen molar-refractivity contribution in [3.8, 4) is 11.1 Å². The number of amides is 1. The van der Waals surface area contributed by atoms with Gasteiger partial charge in [-0.15, -0.1) is 0 Å². The Morgan fingerprint density at radius 2 is 1.86 bits per heavy atom. The van der Waals surface area contributed by atoms with E-state index in [2.05, 4.69) is 9.71 Å². The fourth-order valence-corrected chi connectivity index (χ4v) is 6.04. The lowest BCUT2D eigenvalue weighted by atomic mass is 9.81. The summed E-state index contributed by atoms with van der Waals surface area (Å²) in [7, 11) is -3.40. The van der Waals surface area contributed by atoms with E-state index in [9.17, 15) is 22.0 Å². The number of halogens is 3. The van der Waals surface area contributed by atoms with Gasteiger partial charge in [-0.05, 0) is 43.0 Å². The molecule has 0 spiro atoms. The first-order chi connectivity index (χ1) is 16.7. The molecule has 3 N–H and O–H groups in total. The van der Waals surface area contributed by atoms with Crippen LogP contribution in [0.3, 0.4) is 0 Å². The van der Waals surface area contributed by atoms with E-state index in [-0.39, 0.29) is 37.6 Å². The van der Waals surface area contributed by atoms with Crippen LogP contribution in [0.15, 0.2) is 47.5 Å². The van der Waals surface area contributed by atoms with Crippen LogP contribution in [0.4, 0.5) is 14.5 Å². The highest BCUT2D eigenvalue weighted by Crippen LogP contribution is 2.44. The minimum atomic E-state index is -3.40. The molecule has 36 heavy (non-hydrogen) atoms. The highest BCUT2D eigenvalue weighted by molar-refractivity contribution is 7.92. The highest BCUT2D eigenvalue weighted by atomic mass is 35.5. The van der Waals surface area contributed by atoms with E-state index >= 15 is 0 Å². The lowest BCUT2D eigenvalue weighted by Crippen LogP contribution is -2.56. The van der Waals surface area contributed by atoms with Gasteiger partial charge in [-0.2, -0.15) is 0 Å². The highest BCUT2D eigenvalue weighted by Gasteiger charge is 2.47. The molecule has 1 amide bonds. The number of hydrogen-bond acceptors (Lipinski definition) is 5. The molecule has 0 unspecified atom stereocenters. The predicted molar refractivity (Wildman–Crippen MR) is 138 cm³/mol. The summed E-state index contributed by atoms with van der Waals surface area (Å²) in [6.07, 6.45) is 1.10. The third-order valence-corrected chi connectivity index (χ3v) is 7.99. The van der Waals surface area contributed by atoms with Crippen molar-refractivity contribution < 1.29 is 22.0 Å². The Bertz CT molecular complexity index is 1320. The van der Waals surface area contributed by atoms with Crippen LogP contribution in [0.2, 0.25) is 5.02 Å². The van der Waals surface area contributed by atoms with Crippen LogP contribution >= 0.6 is 11.6 Å². The number of carbonyl (C=O) groups excluding carboxylic acids is 1. The van der Waals surface area contributed by atoms with Gasteiger partial charge in [0.25, 0.3) is 5.92 Å². The molecule has 0 bridgehead atoms. The number of nitrogens with two attached hydrogens (primary N) is 1. The van der Waals surface area contributed by atoms with Gasteiger partial charge in [-0.1, -0.05) is 48.9 Å². The van der Waals surface area contributed by atoms with E-state index < -0.39 is 33.4 Å². The van der Waals surface area contributed by atoms with Crippen molar-refractivity contribution in [3.63, 3.8) is 0 Å². The van der Waals surface area contributed by atoms with Gasteiger partial charge in [0, 0.05) is 29.6 Å². The molecule has 2 aromatic rings. The molecule has 0 saturated heterocycles. The molecule has 1 saturated carbocycles. The first-order valence-corrected chi connectivity index (χ1v) is 13.9. The van der Waals surface area contributed by atoms with Crippen LogP contribution < -0.4 is 10.5 Å². The predicted octanol–water partition coefficient (Wildman–Crippen LogP) is 4.96. The summed E-state index contributed by atoms with van der Waals surface area (Å²) in [5.74, 6) is -3.86. The van der Waals surface area contributed by atoms with Gasteiger partial charge >= 0.3 is 0 Å². The van der Waals surface area contributed by atoms with Crippen molar-refractivity contribution in [2.75, 3.05) is 11.0 Å². The van der Waals surface area contributed by atoms with Gasteiger partial charge in [-0.3, -0.25) is 14.4 Å². The maximum absolute atomic E-state index is 14.0. The van der Waals surface area contributed by atoms with E-state index in [1.54, 1.807) is 43.3 Å². The monoisotopic (exact) mass is 538 g/mol. The summed E-state index contributed by atoms with van der Waals surface area (Å²) in [4.78, 5) is 19.3. The van der Waals surface area contributed by atoms with Gasteiger partial charge in [0.2, 0.25) is 15.9 Å². The molecule has 11 heteroatoms. The standard InChI is InChI=1S/C25H29ClF2N4O3S/c1-15-13-18(11-12-25(15,27)28)32-21(33)14-24(2,30-23(32)29)20-6-4-5-19(22(20)26)16-7-9-17(10-8-16)31-36(3,34)35/h4-10,15,18,31H,11-14H2,1-3H3,(H2,29,30)/t15-,18-,24-/m0/s1. The van der Waals surface area contributed by atoms with Crippen molar-refractivity contribution in [2.24, 2.45) is 16.6 Å². The van der Waals surface area contributed by atoms with Crippen molar-refractivity contribution in [1.29, 1.82) is 0 Å². The Kier molecular flexibility index (Phi) is 6.81. The molecule has 0 radical (unpaired) electrons. The number of aliphatic imine (C=N–C) groups is 1. The van der Waals surface area contributed by atoms with E-state index in [1.807, 2.05) is 6.07 Å². The lowest BCUT2D eigenvalue weighted by Gasteiger charge is -2.43. The second kappa shape index (κ2) is 9.30. The summed E-state index contributed by atoms with van der Waals surface area (Å²) < 4.78 is 53.3. The topological polar surface area (TPSA) is 105 Å². The normalized spacial score (nSPS) is 26.4. The summed E-state index contributed by atoms with van der Waals surface area (Å²) in [6, 6.07) is 11.7. The molecule has 194 valence electrons. The fourth-order valence-electron chi connectivity index (χ4n) is 5.04. The van der Waals surface area contributed by atoms with E-state index in [0.717, 1.165) is 11.8 Å². The Balaban J connectivity index is 1.63. The molecule has 4 rings (SSSR count). The maximum Gasteiger partial charge on any atom is 0.250 e. The van der Waals surface area contributed by atoms with Crippen LogP contribution in [0.25, 0.3) is 11.1 Å². The Morgan fingerprint density at radius 3 is 2.44 bits per heavy atom.